The molecule has 41 heteroatoms. The maximum atomic E-state index is 16.5. The highest BCUT2D eigenvalue weighted by Crippen LogP contribution is 2.51. The molecule has 23 N–H and O–H groups in total. The Morgan fingerprint density at radius 2 is 1.34 bits per heavy atom. The van der Waals surface area contributed by atoms with Crippen molar-refractivity contribution in [3.8, 4) is 23.0 Å². The molecule has 38 nitrogen and oxygen atoms in total. The van der Waals surface area contributed by atoms with Crippen LogP contribution >= 0.6 is 23.2 Å². The highest BCUT2D eigenvalue weighted by molar-refractivity contribution is 7.90. The maximum Gasteiger partial charge on any atom is 0.326 e. The lowest BCUT2D eigenvalue weighted by molar-refractivity contribution is -0.286. The Hall–Kier alpha value is -7.16. The number of aliphatic hydroxyl groups excluding tert-OH is 9. The number of sulfonamides is 1. The number of ether oxygens (including phenoxy) is 6. The largest absolute Gasteiger partial charge is 0.494 e. The molecule has 11 aliphatic rings. The first-order valence-corrected chi connectivity index (χ1v) is 46.2. The number of primary amides is 1. The fraction of sp³-hybridized carbons (Fsp3) is 0.750. The molecular formula is C84H127Cl2N11O27S. The van der Waals surface area contributed by atoms with Crippen LogP contribution in [0.1, 0.15) is 175 Å². The van der Waals surface area contributed by atoms with Gasteiger partial charge in [-0.1, -0.05) is 46.5 Å². The zero-order chi connectivity index (χ0) is 91.0. The molecule has 0 spiro atoms. The zero-order valence-electron chi connectivity index (χ0n) is 71.1. The molecule has 2 saturated heterocycles. The average Bonchev–Trinajstić information content (AvgIpc) is 0.754. The smallest absolute Gasteiger partial charge is 0.326 e. The number of alkyl halides is 2. The molecule has 6 aliphatic heterocycles. The van der Waals surface area contributed by atoms with Crippen LogP contribution in [-0.4, -0.2) is 284 Å². The van der Waals surface area contributed by atoms with Crippen molar-refractivity contribution >= 4 is 86.5 Å². The zero-order valence-corrected chi connectivity index (χ0v) is 73.5. The van der Waals surface area contributed by atoms with Crippen molar-refractivity contribution in [1.29, 1.82) is 0 Å². The number of halogens is 2. The van der Waals surface area contributed by atoms with Gasteiger partial charge in [0.1, 0.15) is 72.5 Å². The summed E-state index contributed by atoms with van der Waals surface area (Å²) in [5.74, 6) is -21.3. The van der Waals surface area contributed by atoms with Crippen molar-refractivity contribution in [2.75, 3.05) is 33.4 Å². The number of rotatable bonds is 27. The second-order valence-electron chi connectivity index (χ2n) is 36.3. The number of nitrogens with one attached hydrogen (secondary N) is 9. The van der Waals surface area contributed by atoms with Gasteiger partial charge in [0.05, 0.1) is 83.6 Å². The number of hydrogen-bond donors (Lipinski definition) is 21. The minimum atomic E-state index is -4.39. The van der Waals surface area contributed by atoms with E-state index in [4.69, 9.17) is 63.1 Å². The highest BCUT2D eigenvalue weighted by atomic mass is 35.5. The number of carboxylic acids is 1. The molecule has 5 saturated carbocycles. The summed E-state index contributed by atoms with van der Waals surface area (Å²) in [6.07, 6.45) is -19.4. The van der Waals surface area contributed by atoms with Gasteiger partial charge in [0, 0.05) is 49.9 Å². The quantitative estimate of drug-likeness (QED) is 0.0361. The van der Waals surface area contributed by atoms with E-state index in [0.29, 0.717) is 12.4 Å². The Balaban J connectivity index is 0.997. The summed E-state index contributed by atoms with van der Waals surface area (Å²) in [5.41, 5.74) is 10.9. The predicted molar refractivity (Wildman–Crippen MR) is 447 cm³/mol. The Kier molecular flexibility index (Phi) is 33.9. The van der Waals surface area contributed by atoms with Gasteiger partial charge in [0.2, 0.25) is 53.0 Å². The van der Waals surface area contributed by atoms with E-state index in [2.05, 4.69) is 49.5 Å². The van der Waals surface area contributed by atoms with E-state index in [0.717, 1.165) is 32.1 Å². The fourth-order valence-electron chi connectivity index (χ4n) is 19.8. The van der Waals surface area contributed by atoms with Crippen molar-refractivity contribution < 1.29 is 131 Å². The van der Waals surface area contributed by atoms with Crippen LogP contribution in [0.5, 0.6) is 23.0 Å². The molecule has 0 aromatic heterocycles. The number of aliphatic carboxylic acids is 1. The lowest BCUT2D eigenvalue weighted by atomic mass is 9.58. The number of carbonyl (C=O) groups excluding carboxylic acids is 8. The monoisotopic (exact) mass is 1820 g/mol. The topological polar surface area (TPSA) is 606 Å². The van der Waals surface area contributed by atoms with Crippen molar-refractivity contribution in [1.82, 2.24) is 47.3 Å². The fourth-order valence-corrected chi connectivity index (χ4v) is 21.6. The van der Waals surface area contributed by atoms with Crippen LogP contribution in [0.15, 0.2) is 41.3 Å². The van der Waals surface area contributed by atoms with E-state index in [1.165, 1.54) is 43.4 Å². The highest BCUT2D eigenvalue weighted by Gasteiger charge is 2.57. The van der Waals surface area contributed by atoms with E-state index in [1.807, 2.05) is 18.6 Å². The third-order valence-corrected chi connectivity index (χ3v) is 29.1. The molecule has 5 aliphatic carbocycles. The van der Waals surface area contributed by atoms with Gasteiger partial charge < -0.3 is 133 Å². The molecule has 32 atom stereocenters. The lowest BCUT2D eigenvalue weighted by Gasteiger charge is -2.51. The van der Waals surface area contributed by atoms with E-state index in [1.54, 1.807) is 13.8 Å². The number of nitrogens with two attached hydrogens (primary N) is 2. The molecule has 7 fully saturated rings. The van der Waals surface area contributed by atoms with Gasteiger partial charge in [-0.15, -0.1) is 23.2 Å². The van der Waals surface area contributed by atoms with Gasteiger partial charge in [-0.05, 0) is 188 Å². The van der Waals surface area contributed by atoms with Gasteiger partial charge in [-0.25, -0.2) is 17.9 Å². The predicted octanol–water partition coefficient (Wildman–Crippen LogP) is -1.40. The average molecular weight is 1830 g/mol. The van der Waals surface area contributed by atoms with Gasteiger partial charge in [0.25, 0.3) is 10.0 Å². The molecule has 13 rings (SSSR count). The number of amides is 8. The SMILES string of the molecule is CCCCCCCOc1ccc(S(=O)(=O)NC(=O)CCNCC2C(O)CC3C(C4C[C@H](CC[C@H]4O)[C@H]4NC(=O)[C@@H]5NC(=O)[C@H](CC(N)=O)NC(=O)[C@H](NC(=O)[C@@H](CC(C)C)NC)[C@H](O)[C@H]6CC[C@@H](Oc7cc5cc(c7O[C@@H]5C[C@H](CO)[C@@H](O)[C@H](O)[C@H]5O[C@H]5C[C@](C)(N)[C@H](O)[C@H](C)O5)O[C@@H]5CC[C@@H](CC5Cl)[C@@H](O)[C@H](NC4=O)C(=O)N[C@@H]3C(=O)O)[C@H](Cl)C6)[C@H]2O)cc1. The van der Waals surface area contributed by atoms with E-state index < -0.39 is 281 Å². The normalized spacial score (nSPS) is 37.5. The number of carboxylic acid groups (broad SMARTS) is 1. The van der Waals surface area contributed by atoms with Crippen LogP contribution in [0.3, 0.4) is 0 Å². The van der Waals surface area contributed by atoms with Crippen molar-refractivity contribution in [2.45, 2.75) is 312 Å². The van der Waals surface area contributed by atoms with E-state index >= 15 is 24.0 Å². The summed E-state index contributed by atoms with van der Waals surface area (Å²) >= 11 is 14.9. The summed E-state index contributed by atoms with van der Waals surface area (Å²) in [6, 6.07) is -5.19. The third-order valence-electron chi connectivity index (χ3n) is 26.8. The Morgan fingerprint density at radius 1 is 0.712 bits per heavy atom. The van der Waals surface area contributed by atoms with Crippen LogP contribution in [0.4, 0.5) is 0 Å². The first-order valence-electron chi connectivity index (χ1n) is 43.8. The van der Waals surface area contributed by atoms with E-state index in [-0.39, 0.29) is 124 Å². The van der Waals surface area contributed by atoms with Crippen molar-refractivity contribution in [2.24, 2.45) is 64.7 Å². The van der Waals surface area contributed by atoms with Crippen LogP contribution in [0.25, 0.3) is 0 Å². The summed E-state index contributed by atoms with van der Waals surface area (Å²) < 4.78 is 68.5. The molecule has 11 bridgehead atoms. The molecule has 6 heterocycles. The van der Waals surface area contributed by atoms with Crippen LogP contribution in [0.2, 0.25) is 0 Å². The minimum absolute atomic E-state index is 0.0156. The number of hydrogen-bond acceptors (Lipinski definition) is 29. The van der Waals surface area contributed by atoms with Crippen molar-refractivity contribution in [3.63, 3.8) is 0 Å². The molecule has 6 unspecified atom stereocenters. The van der Waals surface area contributed by atoms with Gasteiger partial charge >= 0.3 is 5.97 Å². The summed E-state index contributed by atoms with van der Waals surface area (Å²) in [4.78, 5) is 134. The molecule has 8 amide bonds. The molecule has 125 heavy (non-hydrogen) atoms. The Bertz CT molecular complexity index is 4200. The van der Waals surface area contributed by atoms with Crippen LogP contribution in [-0.2, 0) is 62.6 Å². The number of likely N-dealkylation sites (N-methyl/N-ethyl adjacent to an activating group) is 1. The lowest BCUT2D eigenvalue weighted by Crippen LogP contribution is -2.66. The molecular weight excluding hydrogens is 1700 g/mol. The summed E-state index contributed by atoms with van der Waals surface area (Å²) in [7, 11) is -2.87. The molecule has 700 valence electrons. The maximum absolute atomic E-state index is 16.5. The van der Waals surface area contributed by atoms with Crippen molar-refractivity contribution in [3.05, 3.63) is 42.0 Å². The van der Waals surface area contributed by atoms with Gasteiger partial charge in [-0.3, -0.25) is 38.4 Å². The van der Waals surface area contributed by atoms with Gasteiger partial charge in [0.15, 0.2) is 17.8 Å². The number of fused-ring (bicyclic) bond motifs is 15. The number of benzene rings is 2. The Labute approximate surface area is 736 Å². The Morgan fingerprint density at radius 3 is 1.95 bits per heavy atom. The second-order valence-corrected chi connectivity index (χ2v) is 39.1. The number of aliphatic hydroxyl groups is 9. The first kappa shape index (κ1) is 98.4. The van der Waals surface area contributed by atoms with Gasteiger partial charge in [-0.2, -0.15) is 0 Å². The van der Waals surface area contributed by atoms with E-state index in [9.17, 15) is 78.7 Å². The second kappa shape index (κ2) is 43.0. The van der Waals surface area contributed by atoms with Crippen LogP contribution < -0.4 is 77.7 Å². The minimum Gasteiger partial charge on any atom is -0.494 e. The molecule has 2 aromatic carbocycles. The molecule has 0 radical (unpaired) electrons. The third kappa shape index (κ3) is 23.7. The first-order chi connectivity index (χ1) is 59.2. The number of carbonyl (C=O) groups is 9. The molecule has 2 aromatic rings. The standard InChI is InChI=1S/C84H127Cl2N11O27S/c1-7-8-9-10-11-24-119-44-15-17-45(18-16-44)125(117,118)97-61(102)22-23-90-35-48-54(100)32-47-63(72(48)106)46-26-39(12-19-53(46)99)64-79(111)96-68(82(114)94-66(47)83(115)116)70(104)41-14-21-56(50(86)28-41)122-58-30-42-29-57(74(58)123-59-31-43(36-98)71(105)73(107)75(59)124-62-34-84(5,88)76(108)38(4)120-62)121-55-20-13-40(27-49(55)85)69(103)67(95-77(109)51(89-6)25-37(2)3)81(113)91-52(33-60(87)101)78(110)92-65(42)80(112)93-64/h15-18,29-30,37-41,43,46-56,59,62-73,75-76,89-90,98-100,103-108H,7-14,19-28,31-36,88H2,1-6H3,(H2,87,101)(H,91,113)(H,92,110)(H,93,112)(H,94,114)(H,95,109)(H,96,111)(H,97,102)(H,115,116)/t38-,39-,40-,41-,43+,46?,47?,48?,49+,50?,51+,52-,53+,54?,55+,56+,59+,62-,63?,64+,65+,66-,67+,68-,69+,70+,71+,72-,73-,75-,76+,84-/m0/s1. The van der Waals surface area contributed by atoms with Crippen LogP contribution in [0, 0.1) is 53.3 Å². The number of unbranched alkanes of at least 4 members (excludes halogenated alkanes) is 4. The summed E-state index contributed by atoms with van der Waals surface area (Å²) in [5, 5.41) is 139. The summed E-state index contributed by atoms with van der Waals surface area (Å²) in [6.45, 7) is 8.10.